The molecule has 0 aromatic heterocycles. The summed E-state index contributed by atoms with van der Waals surface area (Å²) in [6.45, 7) is -0.511. The zero-order valence-electron chi connectivity index (χ0n) is 22.6. The number of nitrogens with one attached hydrogen (secondary N) is 1. The molecule has 0 heterocycles. The average molecular weight is 681 g/mol. The summed E-state index contributed by atoms with van der Waals surface area (Å²) in [6.07, 6.45) is 5.12. The third-order valence-electron chi connectivity index (χ3n) is 7.10. The largest absolute Gasteiger partial charge is 0.352 e. The van der Waals surface area contributed by atoms with Gasteiger partial charge in [0.2, 0.25) is 21.8 Å². The topological polar surface area (TPSA) is 86.8 Å². The summed E-state index contributed by atoms with van der Waals surface area (Å²) in [5.74, 6) is -0.823. The van der Waals surface area contributed by atoms with Gasteiger partial charge in [0.15, 0.2) is 0 Å². The molecule has 0 radical (unpaired) electrons. The Kier molecular flexibility index (Phi) is 10.7. The van der Waals surface area contributed by atoms with Crippen molar-refractivity contribution in [2.75, 3.05) is 17.1 Å². The Hall–Kier alpha value is -2.59. The maximum Gasteiger partial charge on any atom is 0.244 e. The number of carbonyl (C=O) groups excluding carboxylic acids is 2. The molecule has 1 saturated carbocycles. The van der Waals surface area contributed by atoms with Crippen molar-refractivity contribution in [2.45, 2.75) is 50.7 Å². The predicted molar refractivity (Wildman–Crippen MR) is 168 cm³/mol. The van der Waals surface area contributed by atoms with Crippen LogP contribution in [0.15, 0.2) is 77.3 Å². The van der Waals surface area contributed by atoms with E-state index in [0.29, 0.717) is 25.8 Å². The molecule has 0 saturated heterocycles. The van der Waals surface area contributed by atoms with Crippen LogP contribution in [-0.2, 0) is 32.6 Å². The first-order valence-corrected chi connectivity index (χ1v) is 16.7. The third-order valence-corrected chi connectivity index (χ3v) is 9.32. The maximum absolute atomic E-state index is 14.2. The molecule has 0 aliphatic heterocycles. The van der Waals surface area contributed by atoms with Crippen molar-refractivity contribution < 1.29 is 18.0 Å². The maximum atomic E-state index is 14.2. The molecule has 41 heavy (non-hydrogen) atoms. The SMILES string of the molecule is CS(=O)(=O)N(CC(=O)N(Cc1ccc(Cl)cc1Cl)[C@H](Cc1ccccc1)C(=O)NC1CCCC1)c1cccc(Br)c1. The molecular formula is C30H32BrCl2N3O4S. The van der Waals surface area contributed by atoms with E-state index in [1.807, 2.05) is 30.3 Å². The summed E-state index contributed by atoms with van der Waals surface area (Å²) >= 11 is 16.0. The van der Waals surface area contributed by atoms with Gasteiger partial charge in [0.1, 0.15) is 12.6 Å². The van der Waals surface area contributed by atoms with Crippen LogP contribution in [0.25, 0.3) is 0 Å². The Balaban J connectivity index is 1.74. The van der Waals surface area contributed by atoms with E-state index < -0.39 is 28.5 Å². The van der Waals surface area contributed by atoms with Crippen LogP contribution in [-0.4, -0.2) is 50.0 Å². The monoisotopic (exact) mass is 679 g/mol. The Bertz CT molecular complexity index is 1480. The van der Waals surface area contributed by atoms with Crippen molar-refractivity contribution in [3.8, 4) is 0 Å². The van der Waals surface area contributed by atoms with Crippen LogP contribution >= 0.6 is 39.1 Å². The second-order valence-electron chi connectivity index (χ2n) is 10.2. The minimum Gasteiger partial charge on any atom is -0.352 e. The smallest absolute Gasteiger partial charge is 0.244 e. The van der Waals surface area contributed by atoms with Crippen molar-refractivity contribution in [2.24, 2.45) is 0 Å². The van der Waals surface area contributed by atoms with Crippen molar-refractivity contribution in [3.05, 3.63) is 98.4 Å². The number of rotatable bonds is 11. The van der Waals surface area contributed by atoms with E-state index in [0.717, 1.165) is 41.8 Å². The van der Waals surface area contributed by atoms with E-state index in [2.05, 4.69) is 21.2 Å². The van der Waals surface area contributed by atoms with Gasteiger partial charge in [0.05, 0.1) is 11.9 Å². The highest BCUT2D eigenvalue weighted by molar-refractivity contribution is 9.10. The second-order valence-corrected chi connectivity index (χ2v) is 13.9. The molecular weight excluding hydrogens is 649 g/mol. The summed E-state index contributed by atoms with van der Waals surface area (Å²) in [5, 5.41) is 3.93. The predicted octanol–water partition coefficient (Wildman–Crippen LogP) is 6.22. The number of halogens is 3. The molecule has 7 nitrogen and oxygen atoms in total. The number of benzene rings is 3. The average Bonchev–Trinajstić information content (AvgIpc) is 3.43. The van der Waals surface area contributed by atoms with Crippen LogP contribution in [0.1, 0.15) is 36.8 Å². The lowest BCUT2D eigenvalue weighted by Gasteiger charge is -2.34. The fraction of sp³-hybridized carbons (Fsp3) is 0.333. The molecule has 11 heteroatoms. The van der Waals surface area contributed by atoms with Gasteiger partial charge in [-0.1, -0.05) is 94.4 Å². The minimum atomic E-state index is -3.85. The summed E-state index contributed by atoms with van der Waals surface area (Å²) in [5.41, 5.74) is 1.78. The summed E-state index contributed by atoms with van der Waals surface area (Å²) in [6, 6.07) is 20.2. The Morgan fingerprint density at radius 2 is 1.71 bits per heavy atom. The number of sulfonamides is 1. The Labute approximate surface area is 260 Å². The van der Waals surface area contributed by atoms with E-state index in [-0.39, 0.29) is 24.9 Å². The number of nitrogens with zero attached hydrogens (tertiary/aromatic N) is 2. The Morgan fingerprint density at radius 1 is 1.00 bits per heavy atom. The van der Waals surface area contributed by atoms with E-state index in [1.54, 1.807) is 42.5 Å². The summed E-state index contributed by atoms with van der Waals surface area (Å²) in [4.78, 5) is 29.5. The van der Waals surface area contributed by atoms with Crippen LogP contribution in [0.4, 0.5) is 5.69 Å². The second kappa shape index (κ2) is 14.1. The zero-order valence-corrected chi connectivity index (χ0v) is 26.5. The lowest BCUT2D eigenvalue weighted by atomic mass is 10.0. The van der Waals surface area contributed by atoms with Gasteiger partial charge in [0, 0.05) is 33.5 Å². The van der Waals surface area contributed by atoms with Crippen molar-refractivity contribution in [3.63, 3.8) is 0 Å². The lowest BCUT2D eigenvalue weighted by molar-refractivity contribution is -0.140. The molecule has 0 unspecified atom stereocenters. The molecule has 3 aromatic rings. The van der Waals surface area contributed by atoms with Crippen molar-refractivity contribution in [1.29, 1.82) is 0 Å². The lowest BCUT2D eigenvalue weighted by Crippen LogP contribution is -2.54. The molecule has 1 aliphatic rings. The fourth-order valence-corrected chi connectivity index (χ4v) is 6.70. The normalized spacial score (nSPS) is 14.4. The highest BCUT2D eigenvalue weighted by atomic mass is 79.9. The molecule has 1 N–H and O–H groups in total. The van der Waals surface area contributed by atoms with E-state index in [9.17, 15) is 18.0 Å². The van der Waals surface area contributed by atoms with Gasteiger partial charge in [-0.25, -0.2) is 8.42 Å². The van der Waals surface area contributed by atoms with Crippen LogP contribution in [0.3, 0.4) is 0 Å². The first-order valence-electron chi connectivity index (χ1n) is 13.3. The first kappa shape index (κ1) is 31.3. The molecule has 0 spiro atoms. The summed E-state index contributed by atoms with van der Waals surface area (Å²) in [7, 11) is -3.85. The Morgan fingerprint density at radius 3 is 2.34 bits per heavy atom. The minimum absolute atomic E-state index is 0.0134. The van der Waals surface area contributed by atoms with Gasteiger partial charge in [-0.05, 0) is 54.3 Å². The molecule has 4 rings (SSSR count). The number of carbonyl (C=O) groups is 2. The van der Waals surface area contributed by atoms with E-state index >= 15 is 0 Å². The van der Waals surface area contributed by atoms with Crippen LogP contribution < -0.4 is 9.62 Å². The van der Waals surface area contributed by atoms with Crippen LogP contribution in [0.2, 0.25) is 10.0 Å². The summed E-state index contributed by atoms with van der Waals surface area (Å²) < 4.78 is 27.5. The van der Waals surface area contributed by atoms with Crippen LogP contribution in [0, 0.1) is 0 Å². The molecule has 1 atom stereocenters. The molecule has 218 valence electrons. The molecule has 1 aliphatic carbocycles. The highest BCUT2D eigenvalue weighted by Crippen LogP contribution is 2.27. The van der Waals surface area contributed by atoms with E-state index in [1.165, 1.54) is 4.90 Å². The number of anilines is 1. The third kappa shape index (κ3) is 8.70. The van der Waals surface area contributed by atoms with Gasteiger partial charge < -0.3 is 10.2 Å². The van der Waals surface area contributed by atoms with E-state index in [4.69, 9.17) is 23.2 Å². The zero-order chi connectivity index (χ0) is 29.6. The van der Waals surface area contributed by atoms with Gasteiger partial charge in [-0.2, -0.15) is 0 Å². The van der Waals surface area contributed by atoms with Crippen molar-refractivity contribution in [1.82, 2.24) is 10.2 Å². The first-order chi connectivity index (χ1) is 19.5. The quantitative estimate of drug-likeness (QED) is 0.261. The van der Waals surface area contributed by atoms with Gasteiger partial charge in [-0.3, -0.25) is 13.9 Å². The van der Waals surface area contributed by atoms with Crippen LogP contribution in [0.5, 0.6) is 0 Å². The van der Waals surface area contributed by atoms with Gasteiger partial charge >= 0.3 is 0 Å². The standard InChI is InChI=1S/C30H32BrCl2N3O4S/c1-41(39,40)36(26-13-7-10-23(31)17-26)20-29(37)35(19-22-14-15-24(32)18-27(22)33)28(16-21-8-3-2-4-9-21)30(38)34-25-11-5-6-12-25/h2-4,7-10,13-15,17-18,25,28H,5-6,11-12,16,19-20H2,1H3,(H,34,38)/t28-/m1/s1. The van der Waals surface area contributed by atoms with Gasteiger partial charge in [-0.15, -0.1) is 0 Å². The highest BCUT2D eigenvalue weighted by Gasteiger charge is 2.34. The number of hydrogen-bond donors (Lipinski definition) is 1. The molecule has 2 amide bonds. The molecule has 0 bridgehead atoms. The molecule has 1 fully saturated rings. The van der Waals surface area contributed by atoms with Crippen molar-refractivity contribution >= 4 is 66.7 Å². The fourth-order valence-electron chi connectivity index (χ4n) is 5.00. The number of hydrogen-bond acceptors (Lipinski definition) is 4. The number of amides is 2. The van der Waals surface area contributed by atoms with Gasteiger partial charge in [0.25, 0.3) is 0 Å². The molecule has 3 aromatic carbocycles.